The van der Waals surface area contributed by atoms with E-state index < -0.39 is 46.9 Å². The first-order chi connectivity index (χ1) is 15.8. The zero-order chi connectivity index (χ0) is 25.6. The molecule has 3 aliphatic rings. The Balaban J connectivity index is 2.15. The molecule has 8 nitrogen and oxygen atoms in total. The maximum Gasteiger partial charge on any atom is 0.374 e. The van der Waals surface area contributed by atoms with Crippen LogP contribution in [0.15, 0.2) is 23.0 Å². The van der Waals surface area contributed by atoms with Gasteiger partial charge in [-0.2, -0.15) is 0 Å². The Morgan fingerprint density at radius 2 is 1.82 bits per heavy atom. The average Bonchev–Trinajstić information content (AvgIpc) is 3.05. The monoisotopic (exact) mass is 476 g/mol. The highest BCUT2D eigenvalue weighted by atomic mass is 16.6. The number of methoxy groups -OCH3 is 2. The zero-order valence-corrected chi connectivity index (χ0v) is 21.4. The molecule has 0 amide bonds. The fourth-order valence-corrected chi connectivity index (χ4v) is 5.72. The molecular formula is C26H36O8. The van der Waals surface area contributed by atoms with Crippen LogP contribution in [0, 0.1) is 29.1 Å². The van der Waals surface area contributed by atoms with Crippen LogP contribution in [0.25, 0.3) is 0 Å². The first-order valence-electron chi connectivity index (χ1n) is 11.8. The van der Waals surface area contributed by atoms with Crippen LogP contribution >= 0.6 is 0 Å². The summed E-state index contributed by atoms with van der Waals surface area (Å²) in [5.41, 5.74) is -1.01. The van der Waals surface area contributed by atoms with E-state index in [9.17, 15) is 19.2 Å². The van der Waals surface area contributed by atoms with E-state index in [1.54, 1.807) is 13.8 Å². The van der Waals surface area contributed by atoms with Crippen molar-refractivity contribution in [3.63, 3.8) is 0 Å². The number of rotatable bonds is 3. The molecule has 2 aliphatic heterocycles. The zero-order valence-electron chi connectivity index (χ0n) is 21.4. The lowest BCUT2D eigenvalue weighted by molar-refractivity contribution is -0.168. The van der Waals surface area contributed by atoms with Gasteiger partial charge in [0.25, 0.3) is 0 Å². The minimum absolute atomic E-state index is 0.0321. The SMILES string of the molecule is COC(=O)C1(C)C(=O)OC2C(C)=CCC3C(C(C)C)=C(OC)C(=O)OC3(C)CCC(C)C(=O)C21. The Labute approximate surface area is 201 Å². The van der Waals surface area contributed by atoms with Crippen LogP contribution in [0.4, 0.5) is 0 Å². The van der Waals surface area contributed by atoms with Gasteiger partial charge in [-0.15, -0.1) is 0 Å². The van der Waals surface area contributed by atoms with Crippen molar-refractivity contribution in [3.8, 4) is 0 Å². The van der Waals surface area contributed by atoms with Crippen molar-refractivity contribution in [2.24, 2.45) is 29.1 Å². The number of Topliss-reactive ketones (excluding diaryl/α,β-unsaturated/α-hetero) is 1. The van der Waals surface area contributed by atoms with Gasteiger partial charge in [-0.25, -0.2) is 4.79 Å². The van der Waals surface area contributed by atoms with Gasteiger partial charge in [0, 0.05) is 11.8 Å². The predicted octanol–water partition coefficient (Wildman–Crippen LogP) is 3.53. The topological polar surface area (TPSA) is 105 Å². The van der Waals surface area contributed by atoms with E-state index in [-0.39, 0.29) is 23.4 Å². The standard InChI is InChI=1S/C26H36O8/c1-13(2)17-16-10-9-15(4)20-18(26(6,23(29)32-8)24(30)33-20)19(27)14(3)11-12-25(16,5)34-22(28)21(17)31-7/h9,13-14,16,18,20H,10-12H2,1-8H3. The van der Waals surface area contributed by atoms with Gasteiger partial charge in [0.05, 0.1) is 20.1 Å². The summed E-state index contributed by atoms with van der Waals surface area (Å²) < 4.78 is 21.9. The molecule has 0 aromatic carbocycles. The van der Waals surface area contributed by atoms with Crippen molar-refractivity contribution >= 4 is 23.7 Å². The van der Waals surface area contributed by atoms with Crippen molar-refractivity contribution < 1.29 is 38.1 Å². The summed E-state index contributed by atoms with van der Waals surface area (Å²) in [6.07, 6.45) is 2.41. The molecule has 8 heteroatoms. The lowest BCUT2D eigenvalue weighted by Crippen LogP contribution is -2.47. The summed E-state index contributed by atoms with van der Waals surface area (Å²) in [5, 5.41) is 0. The number of allylic oxidation sites excluding steroid dienone is 1. The minimum atomic E-state index is -1.72. The lowest BCUT2D eigenvalue weighted by Gasteiger charge is -2.43. The van der Waals surface area contributed by atoms with Crippen LogP contribution < -0.4 is 0 Å². The van der Waals surface area contributed by atoms with E-state index in [2.05, 4.69) is 0 Å². The van der Waals surface area contributed by atoms with E-state index >= 15 is 0 Å². The van der Waals surface area contributed by atoms with Gasteiger partial charge >= 0.3 is 17.9 Å². The van der Waals surface area contributed by atoms with Gasteiger partial charge in [-0.05, 0) is 57.1 Å². The Hall–Kier alpha value is -2.64. The second kappa shape index (κ2) is 9.19. The number of esters is 3. The molecule has 0 spiro atoms. The Bertz CT molecular complexity index is 960. The van der Waals surface area contributed by atoms with Crippen molar-refractivity contribution in [2.75, 3.05) is 14.2 Å². The largest absolute Gasteiger partial charge is 0.490 e. The summed E-state index contributed by atoms with van der Waals surface area (Å²) in [6.45, 7) is 10.9. The molecule has 6 unspecified atom stereocenters. The molecule has 0 aromatic rings. The third-order valence-corrected chi connectivity index (χ3v) is 7.89. The van der Waals surface area contributed by atoms with Gasteiger partial charge in [0.2, 0.25) is 5.76 Å². The molecule has 0 radical (unpaired) electrons. The molecule has 0 bridgehead atoms. The van der Waals surface area contributed by atoms with Crippen LogP contribution in [0.1, 0.15) is 60.8 Å². The van der Waals surface area contributed by atoms with Crippen LogP contribution in [-0.2, 0) is 38.1 Å². The number of carbonyl (C=O) groups is 4. The number of ether oxygens (including phenoxy) is 4. The fourth-order valence-electron chi connectivity index (χ4n) is 5.72. The normalized spacial score (nSPS) is 36.6. The number of carbonyl (C=O) groups excluding carboxylic acids is 4. The van der Waals surface area contributed by atoms with Crippen molar-refractivity contribution in [2.45, 2.75) is 72.5 Å². The molecule has 0 N–H and O–H groups in total. The molecule has 6 atom stereocenters. The van der Waals surface area contributed by atoms with E-state index in [4.69, 9.17) is 18.9 Å². The highest BCUT2D eigenvalue weighted by Gasteiger charge is 2.63. The third kappa shape index (κ3) is 3.95. The second-order valence-corrected chi connectivity index (χ2v) is 10.4. The smallest absolute Gasteiger partial charge is 0.374 e. The summed E-state index contributed by atoms with van der Waals surface area (Å²) >= 11 is 0. The second-order valence-electron chi connectivity index (χ2n) is 10.4. The summed E-state index contributed by atoms with van der Waals surface area (Å²) in [6, 6.07) is 0. The van der Waals surface area contributed by atoms with Crippen LogP contribution in [0.2, 0.25) is 0 Å². The van der Waals surface area contributed by atoms with Gasteiger partial charge in [-0.3, -0.25) is 14.4 Å². The number of fused-ring (bicyclic) bond motifs is 2. The predicted molar refractivity (Wildman–Crippen MR) is 122 cm³/mol. The Morgan fingerprint density at radius 3 is 2.38 bits per heavy atom. The molecule has 1 fully saturated rings. The van der Waals surface area contributed by atoms with Crippen molar-refractivity contribution in [1.29, 1.82) is 0 Å². The van der Waals surface area contributed by atoms with Gasteiger partial charge in [0.15, 0.2) is 5.41 Å². The maximum atomic E-state index is 13.7. The number of hydrogen-bond donors (Lipinski definition) is 0. The highest BCUT2D eigenvalue weighted by molar-refractivity contribution is 6.07. The van der Waals surface area contributed by atoms with E-state index in [1.807, 2.05) is 26.8 Å². The van der Waals surface area contributed by atoms with Crippen molar-refractivity contribution in [1.82, 2.24) is 0 Å². The summed E-state index contributed by atoms with van der Waals surface area (Å²) in [7, 11) is 2.66. The van der Waals surface area contributed by atoms with Crippen molar-refractivity contribution in [3.05, 3.63) is 23.0 Å². The fraction of sp³-hybridized carbons (Fsp3) is 0.692. The first kappa shape index (κ1) is 26.0. The lowest BCUT2D eigenvalue weighted by atomic mass is 9.69. The molecule has 1 saturated heterocycles. The van der Waals surface area contributed by atoms with Crippen LogP contribution in [0.5, 0.6) is 0 Å². The molecule has 3 rings (SSSR count). The molecule has 0 aromatic heterocycles. The summed E-state index contributed by atoms with van der Waals surface area (Å²) in [4.78, 5) is 52.1. The molecule has 188 valence electrons. The molecular weight excluding hydrogens is 440 g/mol. The van der Waals surface area contributed by atoms with Crippen LogP contribution in [0.3, 0.4) is 0 Å². The van der Waals surface area contributed by atoms with Gasteiger partial charge in [0.1, 0.15) is 17.5 Å². The number of hydrogen-bond acceptors (Lipinski definition) is 8. The Kier molecular flexibility index (Phi) is 7.02. The van der Waals surface area contributed by atoms with Crippen LogP contribution in [-0.4, -0.2) is 49.6 Å². The quantitative estimate of drug-likeness (QED) is 0.264. The molecule has 1 aliphatic carbocycles. The van der Waals surface area contributed by atoms with Gasteiger partial charge in [-0.1, -0.05) is 26.8 Å². The van der Waals surface area contributed by atoms with E-state index in [0.717, 1.165) is 5.57 Å². The number of ketones is 1. The summed E-state index contributed by atoms with van der Waals surface area (Å²) in [5.74, 6) is -3.68. The minimum Gasteiger partial charge on any atom is -0.490 e. The molecule has 34 heavy (non-hydrogen) atoms. The average molecular weight is 477 g/mol. The maximum absolute atomic E-state index is 13.7. The van der Waals surface area contributed by atoms with Gasteiger partial charge < -0.3 is 18.9 Å². The Morgan fingerprint density at radius 1 is 1.18 bits per heavy atom. The molecule has 0 saturated carbocycles. The highest BCUT2D eigenvalue weighted by Crippen LogP contribution is 2.49. The first-order valence-corrected chi connectivity index (χ1v) is 11.8. The van der Waals surface area contributed by atoms with E-state index in [0.29, 0.717) is 24.8 Å². The third-order valence-electron chi connectivity index (χ3n) is 7.89. The van der Waals surface area contributed by atoms with E-state index in [1.165, 1.54) is 21.1 Å². The molecule has 2 heterocycles.